The summed E-state index contributed by atoms with van der Waals surface area (Å²) in [7, 11) is 87.8. The Morgan fingerprint density at radius 3 is 1.39 bits per heavy atom. The molecule has 2 fully saturated rings. The fourth-order valence-corrected chi connectivity index (χ4v) is 699. The molecule has 1 aromatic carbocycles. The van der Waals surface area contributed by atoms with Gasteiger partial charge in [-0.25, -0.2) is 19.5 Å². The molecule has 0 radical (unpaired) electrons. The maximum absolute atomic E-state index is 6.09. The molecule has 0 amide bonds. The molecule has 2 saturated heterocycles. The van der Waals surface area contributed by atoms with Crippen LogP contribution in [0.3, 0.4) is 0 Å². The lowest BCUT2D eigenvalue weighted by Gasteiger charge is -2.58. The van der Waals surface area contributed by atoms with Crippen molar-refractivity contribution in [1.29, 1.82) is 0 Å². The Labute approximate surface area is 584 Å². The third-order valence-corrected chi connectivity index (χ3v) is 348. The van der Waals surface area contributed by atoms with Crippen molar-refractivity contribution in [3.8, 4) is 0 Å². The zero-order valence-electron chi connectivity index (χ0n) is 44.1. The zero-order chi connectivity index (χ0) is 60.6. The average Bonchev–Trinajstić information content (AvgIpc) is 3.28. The molecule has 31 atom stereocenters. The average molecular weight is 2030 g/mol. The van der Waals surface area contributed by atoms with Gasteiger partial charge in [-0.1, -0.05) is 19.6 Å². The monoisotopic (exact) mass is 2030 g/mol. The number of piperidine rings is 1. The van der Waals surface area contributed by atoms with E-state index in [0.717, 1.165) is 80.7 Å². The summed E-state index contributed by atoms with van der Waals surface area (Å²) in [6, 6.07) is 11.0. The van der Waals surface area contributed by atoms with Crippen molar-refractivity contribution < 1.29 is 0 Å². The number of aryl methyl sites for hydroxylation is 1. The van der Waals surface area contributed by atoms with E-state index in [1.54, 1.807) is 6.33 Å². The minimum atomic E-state index is -0.184. The van der Waals surface area contributed by atoms with Gasteiger partial charge in [0.1, 0.15) is 18.0 Å². The van der Waals surface area contributed by atoms with Crippen LogP contribution in [0.1, 0.15) is 43.0 Å². The van der Waals surface area contributed by atoms with Gasteiger partial charge in [0.15, 0.2) is 5.65 Å². The topological polar surface area (TPSA) is 88.5 Å². The molecule has 2 N–H and O–H groups in total. The largest absolute Gasteiger partial charge is 0.355 e. The second-order valence-corrected chi connectivity index (χ2v) is 216. The Balaban J connectivity index is 0.000000373. The lowest BCUT2D eigenvalue weighted by molar-refractivity contribution is 0.461. The van der Waals surface area contributed by atoms with Gasteiger partial charge >= 0.3 is 0 Å². The summed E-state index contributed by atoms with van der Waals surface area (Å²) in [5.74, 6) is 1.98. The molecule has 5 heterocycles. The van der Waals surface area contributed by atoms with Crippen LogP contribution in [0, 0.1) is 6.92 Å². The van der Waals surface area contributed by atoms with Crippen LogP contribution in [-0.4, -0.2) is 50.2 Å². The minimum absolute atomic E-state index is 0. The van der Waals surface area contributed by atoms with Crippen LogP contribution >= 0.6 is 405 Å². The van der Waals surface area contributed by atoms with Gasteiger partial charge in [0, 0.05) is 43.3 Å². The van der Waals surface area contributed by atoms with E-state index in [1.807, 2.05) is 16.8 Å². The van der Waals surface area contributed by atoms with Crippen molar-refractivity contribution in [2.75, 3.05) is 29.4 Å². The lowest BCUT2D eigenvalue weighted by Crippen LogP contribution is -2.34. The third kappa shape index (κ3) is 27.3. The van der Waals surface area contributed by atoms with Crippen LogP contribution in [0.25, 0.3) is 16.6 Å². The number of fused-ring (bicyclic) bond motifs is 2. The maximum Gasteiger partial charge on any atom is 0.157 e. The van der Waals surface area contributed by atoms with E-state index in [4.69, 9.17) is 20.8 Å². The first kappa shape index (κ1) is 92.5. The molecular formula is C24H81N8P49S. The van der Waals surface area contributed by atoms with Crippen molar-refractivity contribution in [2.24, 2.45) is 5.73 Å². The van der Waals surface area contributed by atoms with Gasteiger partial charge in [-0.3, -0.25) is 0 Å². The molecular weight excluding hydrogens is 1950 g/mol. The van der Waals surface area contributed by atoms with E-state index < -0.39 is 0 Å². The van der Waals surface area contributed by atoms with Crippen LogP contribution in [0.15, 0.2) is 42.9 Å². The Hall–Kier alpha value is 18.2. The Morgan fingerprint density at radius 1 is 0.524 bits per heavy atom. The van der Waals surface area contributed by atoms with Crippen LogP contribution in [0.2, 0.25) is 0 Å². The molecule has 4 aromatic rings. The Kier molecular flexibility index (Phi) is 53.4. The summed E-state index contributed by atoms with van der Waals surface area (Å²) in [5.41, 5.74) is 10.2. The number of nitrogens with two attached hydrogens (primary N) is 1. The fraction of sp³-hybridized carbons (Fsp3) is 0.417. The standard InChI is InChI=1S/C24H28N8.H51P49.H2S/c1-16-5-6-19-18(12-16)24(27-15-26-19)31-9-3-2-4-21(31)20-13-23-28-22(8-11-32(23)29-20)30-10-7-17(25)14-30;1-26-39(27(2)3)45(38(24)25)48(44(36(20)21)37(22)23)49(46(40(28(4)5)29(6)7)41(30(8)9)31(10)11)47(42(32(12)13)33(14)15)43(34(16)17)35(18)19;/h5-6,8,11-13,15,17,21H,2-4,7,9-10,14,25H2,1H3;26H,1-25H2;1H2/t17-,21?;;/m1../s1. The van der Waals surface area contributed by atoms with Gasteiger partial charge in [0.25, 0.3) is 0 Å². The molecule has 3 aromatic heterocycles. The second kappa shape index (κ2) is 47.3. The first-order valence-electron chi connectivity index (χ1n) is 22.6. The van der Waals surface area contributed by atoms with Crippen LogP contribution < -0.4 is 15.5 Å². The highest BCUT2D eigenvalue weighted by Crippen LogP contribution is 3.46. The van der Waals surface area contributed by atoms with E-state index in [-0.39, 0.29) is 186 Å². The zero-order valence-corrected chi connectivity index (χ0v) is 95.5. The number of hydrogen-bond acceptors (Lipinski definition) is 7. The summed E-state index contributed by atoms with van der Waals surface area (Å²) in [4.78, 5) is 18.8. The van der Waals surface area contributed by atoms with Gasteiger partial charge in [-0.05, 0) is 212 Å². The number of rotatable bonds is 26. The van der Waals surface area contributed by atoms with Crippen LogP contribution in [-0.2, 0) is 0 Å². The smallest absolute Gasteiger partial charge is 0.157 e. The third-order valence-electron chi connectivity index (χ3n) is 11.0. The summed E-state index contributed by atoms with van der Waals surface area (Å²) in [6.45, 7) is 1.56. The van der Waals surface area contributed by atoms with Crippen molar-refractivity contribution >= 4 is 434 Å². The van der Waals surface area contributed by atoms with E-state index >= 15 is 0 Å². The SMILES string of the molecule is Cc1ccc2ncnc(N3CCCCC3c3cc4nc(N5CC[C@@H](N)C5)ccn4n3)c2c1.PPP(P(P)P)P(P(P)P)P(P(P(P)P)P(P)P)P(P(P(P(P)P)P(P)P)P(P(P)P)P(P)P)P(P(P(P)P)P(P)P)P(P(P)P)P(P)P.S. The number of anilines is 2. The summed E-state index contributed by atoms with van der Waals surface area (Å²) < 4.78 is 1.89. The predicted molar refractivity (Wildman–Crippen MR) is 547 cm³/mol. The molecule has 6 rings (SSSR count). The highest BCUT2D eigenvalue weighted by molar-refractivity contribution is 9.51. The Morgan fingerprint density at radius 2 is 0.976 bits per heavy atom. The van der Waals surface area contributed by atoms with E-state index in [1.165, 1.54) is 12.0 Å². The summed E-state index contributed by atoms with van der Waals surface area (Å²) in [5, 5.41) is 6.02. The second-order valence-electron chi connectivity index (χ2n) is 16.7. The first-order valence-corrected chi connectivity index (χ1v) is 111. The molecule has 0 bridgehead atoms. The summed E-state index contributed by atoms with van der Waals surface area (Å²) >= 11 is 0. The van der Waals surface area contributed by atoms with Gasteiger partial charge in [0.05, 0.1) is 17.3 Å². The number of hydrogen-bond donors (Lipinski definition) is 1. The quantitative estimate of drug-likeness (QED) is 0.0627. The highest BCUT2D eigenvalue weighted by atomic mass is 33.6. The van der Waals surface area contributed by atoms with Crippen LogP contribution in [0.4, 0.5) is 11.6 Å². The minimum Gasteiger partial charge on any atom is -0.355 e. The first-order chi connectivity index (χ1) is 38.0. The van der Waals surface area contributed by atoms with Crippen molar-refractivity contribution in [1.82, 2.24) is 24.6 Å². The molecule has 0 spiro atoms. The van der Waals surface area contributed by atoms with Gasteiger partial charge in [0.2, 0.25) is 0 Å². The molecule has 58 heteroatoms. The molecule has 2 aliphatic rings. The molecule has 0 saturated carbocycles. The molecule has 30 unspecified atom stereocenters. The highest BCUT2D eigenvalue weighted by Gasteiger charge is 2.58. The molecule has 8 nitrogen and oxygen atoms in total. The lowest BCUT2D eigenvalue weighted by atomic mass is 9.98. The van der Waals surface area contributed by atoms with Gasteiger partial charge in [-0.15, -0.1) is 223 Å². The van der Waals surface area contributed by atoms with Gasteiger partial charge in [-0.2, -0.15) is 18.6 Å². The maximum atomic E-state index is 6.09. The molecule has 0 aliphatic carbocycles. The number of benzene rings is 1. The van der Waals surface area contributed by atoms with Crippen LogP contribution in [0.5, 0.6) is 0 Å². The number of aromatic nitrogens is 5. The molecule has 82 heavy (non-hydrogen) atoms. The van der Waals surface area contributed by atoms with Crippen molar-refractivity contribution in [3.63, 3.8) is 0 Å². The van der Waals surface area contributed by atoms with E-state index in [0.29, 0.717) is 0 Å². The predicted octanol–water partition coefficient (Wildman–Crippen LogP) is 31.9. The van der Waals surface area contributed by atoms with Crippen molar-refractivity contribution in [3.05, 3.63) is 54.1 Å². The normalized spacial score (nSPS) is 18.2. The van der Waals surface area contributed by atoms with Gasteiger partial charge < -0.3 is 15.5 Å². The molecule has 2 aliphatic heterocycles. The fourth-order valence-electron chi connectivity index (χ4n) is 7.96. The molecule has 468 valence electrons. The number of nitrogens with zero attached hydrogens (tertiary/aromatic N) is 7. The summed E-state index contributed by atoms with van der Waals surface area (Å²) in [6.07, 6.45) is 8.09. The van der Waals surface area contributed by atoms with E-state index in [2.05, 4.69) is 269 Å². The Bertz CT molecular complexity index is 2410. The van der Waals surface area contributed by atoms with E-state index in [9.17, 15) is 0 Å². The van der Waals surface area contributed by atoms with Crippen molar-refractivity contribution in [2.45, 2.75) is 44.7 Å².